The lowest BCUT2D eigenvalue weighted by Crippen LogP contribution is -2.63. The summed E-state index contributed by atoms with van der Waals surface area (Å²) in [4.78, 5) is 43.2. The number of fused-ring (bicyclic) bond motifs is 3. The van der Waals surface area contributed by atoms with Crippen molar-refractivity contribution >= 4 is 17.5 Å². The number of carbonyl (C=O) groups excluding carboxylic acids is 3. The zero-order valence-corrected chi connectivity index (χ0v) is 20.1. The van der Waals surface area contributed by atoms with E-state index < -0.39 is 52.7 Å². The van der Waals surface area contributed by atoms with Crippen molar-refractivity contribution in [2.45, 2.75) is 31.0 Å². The predicted octanol–water partition coefficient (Wildman–Crippen LogP) is 1.60. The van der Waals surface area contributed by atoms with Crippen LogP contribution in [-0.2, 0) is 16.0 Å². The quantitative estimate of drug-likeness (QED) is 0.327. The molecule has 3 aliphatic carbocycles. The number of amides is 1. The Morgan fingerprint density at radius 1 is 1.08 bits per heavy atom. The van der Waals surface area contributed by atoms with E-state index in [-0.39, 0.29) is 36.1 Å². The van der Waals surface area contributed by atoms with Gasteiger partial charge in [0.25, 0.3) is 0 Å². The van der Waals surface area contributed by atoms with Crippen LogP contribution in [0, 0.1) is 17.8 Å². The van der Waals surface area contributed by atoms with E-state index in [4.69, 9.17) is 5.73 Å². The van der Waals surface area contributed by atoms with Gasteiger partial charge in [0.15, 0.2) is 17.2 Å². The van der Waals surface area contributed by atoms with Crippen LogP contribution in [0.4, 0.5) is 0 Å². The Morgan fingerprint density at radius 2 is 1.82 bits per heavy atom. The van der Waals surface area contributed by atoms with Crippen molar-refractivity contribution in [2.24, 2.45) is 23.5 Å². The second kappa shape index (κ2) is 8.37. The summed E-state index contributed by atoms with van der Waals surface area (Å²) in [6.07, 6.45) is 4.20. The molecule has 1 aromatic carbocycles. The number of ketones is 2. The number of primary amides is 1. The summed E-state index contributed by atoms with van der Waals surface area (Å²) in [7, 11) is 0. The molecule has 0 aliphatic heterocycles. The van der Waals surface area contributed by atoms with Crippen LogP contribution in [-0.4, -0.2) is 59.2 Å². The van der Waals surface area contributed by atoms with E-state index in [0.29, 0.717) is 16.9 Å². The van der Waals surface area contributed by atoms with E-state index in [1.54, 1.807) is 12.3 Å². The number of phenolic OH excluding ortho intramolecular Hbond substituents is 1. The van der Waals surface area contributed by atoms with Crippen molar-refractivity contribution in [1.82, 2.24) is 9.55 Å². The van der Waals surface area contributed by atoms with Gasteiger partial charge in [-0.05, 0) is 66.6 Å². The number of carbonyl (C=O) groups is 3. The summed E-state index contributed by atoms with van der Waals surface area (Å²) in [6.45, 7) is 0. The number of nitrogens with zero attached hydrogens (tertiary/aromatic N) is 2. The standard InChI is InChI=1S/C28H25N3O7/c29-27(37)23-19(33)11-15-9-14-10-17-16(13-3-6-20(30-12-13)31-7-1-2-8-31)4-5-18(32)22(17)24(34)21(14)25(35)28(15,38)26(23)36/h1-8,12,14-15,19,23,32-33,35,38H,9-11H2,(H2,29,37)/t14-,15+,19?,23?,28+/m1/s1. The number of allylic oxidation sites excluding steroid dienone is 1. The monoisotopic (exact) mass is 515 g/mol. The maximum absolute atomic E-state index is 13.7. The van der Waals surface area contributed by atoms with Gasteiger partial charge in [-0.25, -0.2) is 4.98 Å². The molecule has 3 aromatic rings. The lowest BCUT2D eigenvalue weighted by Gasteiger charge is -2.48. The third kappa shape index (κ3) is 3.27. The molecule has 0 saturated heterocycles. The van der Waals surface area contributed by atoms with Crippen molar-refractivity contribution in [3.8, 4) is 22.7 Å². The van der Waals surface area contributed by atoms with E-state index in [1.807, 2.05) is 41.2 Å². The lowest BCUT2D eigenvalue weighted by atomic mass is 9.57. The molecule has 6 rings (SSSR count). The zero-order chi connectivity index (χ0) is 26.9. The van der Waals surface area contributed by atoms with Gasteiger partial charge >= 0.3 is 0 Å². The first kappa shape index (κ1) is 24.1. The zero-order valence-electron chi connectivity index (χ0n) is 20.1. The van der Waals surface area contributed by atoms with Gasteiger partial charge in [0.05, 0.1) is 11.7 Å². The SMILES string of the molecule is NC(=O)C1C(=O)[C@@]2(O)C(O)=C3C(=O)c4c(O)ccc(-c5ccc(-n6cccc6)nc5)c4C[C@H]3C[C@H]2CC1O. The number of aliphatic hydroxyl groups is 3. The number of benzene rings is 1. The Morgan fingerprint density at radius 3 is 2.47 bits per heavy atom. The molecule has 2 heterocycles. The Balaban J connectivity index is 1.45. The summed E-state index contributed by atoms with van der Waals surface area (Å²) in [5, 5.41) is 43.7. The number of nitrogens with two attached hydrogens (primary N) is 1. The lowest BCUT2D eigenvalue weighted by molar-refractivity contribution is -0.167. The fraction of sp³-hybridized carbons (Fsp3) is 0.286. The number of hydrogen-bond donors (Lipinski definition) is 5. The Kier molecular flexibility index (Phi) is 5.30. The van der Waals surface area contributed by atoms with Crippen LogP contribution in [0.1, 0.15) is 28.8 Å². The van der Waals surface area contributed by atoms with E-state index in [9.17, 15) is 34.8 Å². The van der Waals surface area contributed by atoms with Gasteiger partial charge in [-0.3, -0.25) is 14.4 Å². The van der Waals surface area contributed by atoms with Crippen molar-refractivity contribution in [2.75, 3.05) is 0 Å². The first-order chi connectivity index (χ1) is 18.1. The van der Waals surface area contributed by atoms with E-state index in [0.717, 1.165) is 5.56 Å². The number of rotatable bonds is 3. The van der Waals surface area contributed by atoms with Crippen molar-refractivity contribution < 1.29 is 34.8 Å². The molecule has 0 spiro atoms. The van der Waals surface area contributed by atoms with Crippen LogP contribution in [0.5, 0.6) is 5.75 Å². The van der Waals surface area contributed by atoms with Crippen LogP contribution >= 0.6 is 0 Å². The first-order valence-electron chi connectivity index (χ1n) is 12.3. The normalized spacial score (nSPS) is 28.5. The highest BCUT2D eigenvalue weighted by Crippen LogP contribution is 2.52. The molecule has 1 fully saturated rings. The van der Waals surface area contributed by atoms with Gasteiger partial charge in [-0.1, -0.05) is 6.07 Å². The maximum atomic E-state index is 13.7. The van der Waals surface area contributed by atoms with E-state index in [1.165, 1.54) is 6.07 Å². The number of hydrogen-bond acceptors (Lipinski definition) is 8. The molecular weight excluding hydrogens is 490 g/mol. The van der Waals surface area contributed by atoms with Crippen LogP contribution < -0.4 is 5.73 Å². The molecule has 3 aliphatic rings. The van der Waals surface area contributed by atoms with Crippen LogP contribution in [0.2, 0.25) is 0 Å². The molecule has 6 N–H and O–H groups in total. The largest absolute Gasteiger partial charge is 0.508 e. The van der Waals surface area contributed by atoms with Crippen molar-refractivity contribution in [3.63, 3.8) is 0 Å². The highest BCUT2D eigenvalue weighted by atomic mass is 16.3. The molecule has 1 amide bonds. The number of pyridine rings is 1. The summed E-state index contributed by atoms with van der Waals surface area (Å²) in [5.74, 6) is -6.58. The summed E-state index contributed by atoms with van der Waals surface area (Å²) in [6, 6.07) is 10.6. The van der Waals surface area contributed by atoms with Gasteiger partial charge in [-0.2, -0.15) is 0 Å². The van der Waals surface area contributed by atoms with Crippen LogP contribution in [0.15, 0.2) is 66.3 Å². The minimum absolute atomic E-state index is 0.0217. The molecule has 2 aromatic heterocycles. The molecule has 0 radical (unpaired) electrons. The number of Topliss-reactive ketones (excluding diaryl/α,β-unsaturated/α-hetero) is 2. The third-order valence-electron chi connectivity index (χ3n) is 8.20. The van der Waals surface area contributed by atoms with Crippen LogP contribution in [0.25, 0.3) is 16.9 Å². The summed E-state index contributed by atoms with van der Waals surface area (Å²) in [5.41, 5.74) is 4.55. The molecular formula is C28H25N3O7. The highest BCUT2D eigenvalue weighted by Gasteiger charge is 2.62. The topological polar surface area (TPSA) is 176 Å². The summed E-state index contributed by atoms with van der Waals surface area (Å²) < 4.78 is 1.85. The number of phenols is 1. The minimum Gasteiger partial charge on any atom is -0.508 e. The molecule has 5 atom stereocenters. The fourth-order valence-corrected chi connectivity index (χ4v) is 6.38. The van der Waals surface area contributed by atoms with Gasteiger partial charge in [0.1, 0.15) is 23.2 Å². The maximum Gasteiger partial charge on any atom is 0.230 e. The first-order valence-corrected chi connectivity index (χ1v) is 12.3. The molecule has 38 heavy (non-hydrogen) atoms. The molecule has 10 nitrogen and oxygen atoms in total. The second-order valence-corrected chi connectivity index (χ2v) is 10.2. The van der Waals surface area contributed by atoms with Crippen LogP contribution in [0.3, 0.4) is 0 Å². The molecule has 10 heteroatoms. The molecule has 2 unspecified atom stereocenters. The average molecular weight is 516 g/mol. The fourth-order valence-electron chi connectivity index (χ4n) is 6.38. The highest BCUT2D eigenvalue weighted by molar-refractivity contribution is 6.16. The number of aromatic hydroxyl groups is 1. The number of aromatic nitrogens is 2. The van der Waals surface area contributed by atoms with Gasteiger partial charge in [0.2, 0.25) is 5.91 Å². The second-order valence-electron chi connectivity index (χ2n) is 10.2. The molecule has 1 saturated carbocycles. The number of aliphatic hydroxyl groups excluding tert-OH is 2. The van der Waals surface area contributed by atoms with Crippen molar-refractivity contribution in [3.05, 3.63) is 77.4 Å². The van der Waals surface area contributed by atoms with Gasteiger partial charge < -0.3 is 30.7 Å². The van der Waals surface area contributed by atoms with Gasteiger partial charge in [-0.15, -0.1) is 0 Å². The van der Waals surface area contributed by atoms with Crippen molar-refractivity contribution in [1.29, 1.82) is 0 Å². The molecule has 194 valence electrons. The summed E-state index contributed by atoms with van der Waals surface area (Å²) >= 11 is 0. The Hall–Kier alpha value is -4.28. The third-order valence-corrected chi connectivity index (χ3v) is 8.20. The average Bonchev–Trinajstić information content (AvgIpc) is 3.41. The predicted molar refractivity (Wildman–Crippen MR) is 133 cm³/mol. The van der Waals surface area contributed by atoms with E-state index in [2.05, 4.69) is 4.98 Å². The Bertz CT molecular complexity index is 1530. The Labute approximate surface area is 216 Å². The minimum atomic E-state index is -2.52. The van der Waals surface area contributed by atoms with E-state index >= 15 is 0 Å². The molecule has 0 bridgehead atoms. The van der Waals surface area contributed by atoms with Gasteiger partial charge in [0, 0.05) is 35.6 Å². The smallest absolute Gasteiger partial charge is 0.230 e.